The van der Waals surface area contributed by atoms with E-state index >= 15 is 0 Å². The maximum absolute atomic E-state index is 13.4. The molecule has 0 spiro atoms. The van der Waals surface area contributed by atoms with Crippen LogP contribution >= 0.6 is 0 Å². The lowest BCUT2D eigenvalue weighted by Crippen LogP contribution is -1.91. The summed E-state index contributed by atoms with van der Waals surface area (Å²) >= 11 is 0. The molecule has 0 aromatic heterocycles. The van der Waals surface area contributed by atoms with Gasteiger partial charge in [-0.25, -0.2) is 4.39 Å². The number of hydrogen-bond donors (Lipinski definition) is 0. The smallest absolute Gasteiger partial charge is 0.126 e. The molecule has 0 heterocycles. The summed E-state index contributed by atoms with van der Waals surface area (Å²) in [5.74, 6) is -0.0403. The maximum Gasteiger partial charge on any atom is 0.126 e. The van der Waals surface area contributed by atoms with Gasteiger partial charge in [0.05, 0.1) is 0 Å². The van der Waals surface area contributed by atoms with Crippen LogP contribution in [0.25, 0.3) is 0 Å². The van der Waals surface area contributed by atoms with Crippen molar-refractivity contribution in [2.24, 2.45) is 0 Å². The quantitative estimate of drug-likeness (QED) is 0.614. The van der Waals surface area contributed by atoms with Crippen LogP contribution in [0.2, 0.25) is 0 Å². The van der Waals surface area contributed by atoms with Gasteiger partial charge < -0.3 is 0 Å². The number of benzene rings is 1. The van der Waals surface area contributed by atoms with Gasteiger partial charge in [-0.05, 0) is 37.0 Å². The first-order valence-electron chi connectivity index (χ1n) is 5.49. The predicted molar refractivity (Wildman–Crippen MR) is 59.0 cm³/mol. The van der Waals surface area contributed by atoms with Crippen molar-refractivity contribution < 1.29 is 4.39 Å². The van der Waals surface area contributed by atoms with Crippen molar-refractivity contribution in [1.29, 1.82) is 0 Å². The number of aryl methyl sites for hydroxylation is 2. The van der Waals surface area contributed by atoms with E-state index in [1.165, 1.54) is 19.3 Å². The van der Waals surface area contributed by atoms with Crippen LogP contribution in [0.3, 0.4) is 0 Å². The van der Waals surface area contributed by atoms with Gasteiger partial charge in [-0.15, -0.1) is 0 Å². The SMILES string of the molecule is CCCCCCc1ccc(C)cc1F. The second-order valence-corrected chi connectivity index (χ2v) is 3.91. The summed E-state index contributed by atoms with van der Waals surface area (Å²) in [5.41, 5.74) is 1.87. The molecule has 1 aromatic carbocycles. The molecule has 0 radical (unpaired) electrons. The normalized spacial score (nSPS) is 10.5. The minimum atomic E-state index is -0.0403. The Hall–Kier alpha value is -0.850. The second-order valence-electron chi connectivity index (χ2n) is 3.91. The summed E-state index contributed by atoms with van der Waals surface area (Å²) in [7, 11) is 0. The topological polar surface area (TPSA) is 0 Å². The van der Waals surface area contributed by atoms with Crippen LogP contribution in [0, 0.1) is 12.7 Å². The van der Waals surface area contributed by atoms with Gasteiger partial charge in [0.2, 0.25) is 0 Å². The molecule has 0 atom stereocenters. The number of unbranched alkanes of at least 4 members (excludes halogenated alkanes) is 3. The fraction of sp³-hybridized carbons (Fsp3) is 0.538. The van der Waals surface area contributed by atoms with Gasteiger partial charge in [-0.1, -0.05) is 38.3 Å². The molecule has 0 N–H and O–H groups in total. The van der Waals surface area contributed by atoms with Gasteiger partial charge in [0.1, 0.15) is 5.82 Å². The summed E-state index contributed by atoms with van der Waals surface area (Å²) < 4.78 is 13.4. The molecule has 14 heavy (non-hydrogen) atoms. The standard InChI is InChI=1S/C13H19F/c1-3-4-5-6-7-12-9-8-11(2)10-13(12)14/h8-10H,3-7H2,1-2H3. The summed E-state index contributed by atoms with van der Waals surface area (Å²) in [5, 5.41) is 0. The molecule has 0 amide bonds. The fourth-order valence-corrected chi connectivity index (χ4v) is 1.60. The van der Waals surface area contributed by atoms with E-state index < -0.39 is 0 Å². The minimum Gasteiger partial charge on any atom is -0.207 e. The van der Waals surface area contributed by atoms with E-state index in [0.717, 1.165) is 24.0 Å². The third-order valence-electron chi connectivity index (χ3n) is 2.51. The Labute approximate surface area is 86.2 Å². The van der Waals surface area contributed by atoms with Crippen LogP contribution in [0.1, 0.15) is 43.7 Å². The van der Waals surface area contributed by atoms with Crippen LogP contribution in [-0.2, 0) is 6.42 Å². The fourth-order valence-electron chi connectivity index (χ4n) is 1.60. The molecular weight excluding hydrogens is 175 g/mol. The predicted octanol–water partition coefficient (Wildman–Crippen LogP) is 4.26. The Balaban J connectivity index is 2.42. The van der Waals surface area contributed by atoms with E-state index in [9.17, 15) is 4.39 Å². The Bertz CT molecular complexity index is 279. The van der Waals surface area contributed by atoms with Crippen LogP contribution in [0.4, 0.5) is 4.39 Å². The zero-order valence-electron chi connectivity index (χ0n) is 9.15. The highest BCUT2D eigenvalue weighted by Crippen LogP contribution is 2.13. The van der Waals surface area contributed by atoms with Crippen LogP contribution in [0.5, 0.6) is 0 Å². The van der Waals surface area contributed by atoms with Crippen molar-refractivity contribution in [2.45, 2.75) is 46.0 Å². The van der Waals surface area contributed by atoms with Crippen LogP contribution < -0.4 is 0 Å². The zero-order valence-corrected chi connectivity index (χ0v) is 9.15. The lowest BCUT2D eigenvalue weighted by molar-refractivity contribution is 0.593. The van der Waals surface area contributed by atoms with E-state index in [-0.39, 0.29) is 5.82 Å². The number of hydrogen-bond acceptors (Lipinski definition) is 0. The number of rotatable bonds is 5. The van der Waals surface area contributed by atoms with Gasteiger partial charge in [0, 0.05) is 0 Å². The molecule has 78 valence electrons. The molecule has 0 bridgehead atoms. The van der Waals surface area contributed by atoms with Crippen LogP contribution in [0.15, 0.2) is 18.2 Å². The van der Waals surface area contributed by atoms with E-state index in [2.05, 4.69) is 6.92 Å². The first-order valence-corrected chi connectivity index (χ1v) is 5.49. The first kappa shape index (κ1) is 11.2. The average molecular weight is 194 g/mol. The molecule has 0 saturated heterocycles. The monoisotopic (exact) mass is 194 g/mol. The summed E-state index contributed by atoms with van der Waals surface area (Å²) in [6, 6.07) is 5.52. The van der Waals surface area contributed by atoms with Gasteiger partial charge in [0.15, 0.2) is 0 Å². The lowest BCUT2D eigenvalue weighted by Gasteiger charge is -2.03. The van der Waals surface area contributed by atoms with E-state index in [1.807, 2.05) is 19.1 Å². The molecule has 0 aliphatic rings. The molecule has 1 heteroatoms. The lowest BCUT2D eigenvalue weighted by atomic mass is 10.0. The third-order valence-corrected chi connectivity index (χ3v) is 2.51. The Kier molecular flexibility index (Phi) is 4.64. The van der Waals surface area contributed by atoms with Crippen molar-refractivity contribution in [2.75, 3.05) is 0 Å². The molecule has 0 nitrogen and oxygen atoms in total. The van der Waals surface area contributed by atoms with E-state index in [0.29, 0.717) is 0 Å². The summed E-state index contributed by atoms with van der Waals surface area (Å²) in [6.07, 6.45) is 5.69. The van der Waals surface area contributed by atoms with Gasteiger partial charge >= 0.3 is 0 Å². The summed E-state index contributed by atoms with van der Waals surface area (Å²) in [4.78, 5) is 0. The first-order chi connectivity index (χ1) is 6.74. The Morgan fingerprint density at radius 3 is 2.57 bits per heavy atom. The molecule has 1 rings (SSSR count). The van der Waals surface area contributed by atoms with Crippen molar-refractivity contribution in [3.05, 3.63) is 35.1 Å². The van der Waals surface area contributed by atoms with Crippen molar-refractivity contribution in [3.8, 4) is 0 Å². The van der Waals surface area contributed by atoms with E-state index in [4.69, 9.17) is 0 Å². The highest BCUT2D eigenvalue weighted by Gasteiger charge is 2.01. The van der Waals surface area contributed by atoms with Gasteiger partial charge in [-0.3, -0.25) is 0 Å². The minimum absolute atomic E-state index is 0.0403. The summed E-state index contributed by atoms with van der Waals surface area (Å²) in [6.45, 7) is 4.11. The number of halogens is 1. The van der Waals surface area contributed by atoms with Crippen molar-refractivity contribution in [1.82, 2.24) is 0 Å². The Morgan fingerprint density at radius 2 is 1.93 bits per heavy atom. The maximum atomic E-state index is 13.4. The molecule has 0 aliphatic heterocycles. The van der Waals surface area contributed by atoms with E-state index in [1.54, 1.807) is 6.07 Å². The van der Waals surface area contributed by atoms with Crippen molar-refractivity contribution >= 4 is 0 Å². The van der Waals surface area contributed by atoms with Gasteiger partial charge in [0.25, 0.3) is 0 Å². The van der Waals surface area contributed by atoms with Gasteiger partial charge in [-0.2, -0.15) is 0 Å². The molecule has 0 saturated carbocycles. The molecule has 1 aromatic rings. The molecule has 0 aliphatic carbocycles. The van der Waals surface area contributed by atoms with Crippen molar-refractivity contribution in [3.63, 3.8) is 0 Å². The zero-order chi connectivity index (χ0) is 10.4. The highest BCUT2D eigenvalue weighted by molar-refractivity contribution is 5.23. The highest BCUT2D eigenvalue weighted by atomic mass is 19.1. The molecule has 0 unspecified atom stereocenters. The largest absolute Gasteiger partial charge is 0.207 e. The second kappa shape index (κ2) is 5.79. The Morgan fingerprint density at radius 1 is 1.14 bits per heavy atom. The average Bonchev–Trinajstić information content (AvgIpc) is 2.15. The molecular formula is C13H19F. The third kappa shape index (κ3) is 3.49. The van der Waals surface area contributed by atoms with Crippen LogP contribution in [-0.4, -0.2) is 0 Å². The molecule has 0 fully saturated rings.